The zero-order valence-electron chi connectivity index (χ0n) is 11.2. The van der Waals surface area contributed by atoms with Gasteiger partial charge >= 0.3 is 0 Å². The fraction of sp³-hybridized carbons (Fsp3) is 0.125. The Morgan fingerprint density at radius 1 is 1.10 bits per heavy atom. The molecule has 2 aromatic rings. The lowest BCUT2D eigenvalue weighted by molar-refractivity contribution is 0.359. The first kappa shape index (κ1) is 16.6. The summed E-state index contributed by atoms with van der Waals surface area (Å²) < 4.78 is 8.67. The first-order valence-electron chi connectivity index (χ1n) is 6.32. The van der Waals surface area contributed by atoms with Gasteiger partial charge in [-0.2, -0.15) is 0 Å². The molecule has 110 valence electrons. The minimum Gasteiger partial charge on any atom is -0.489 e. The van der Waals surface area contributed by atoms with E-state index in [1.165, 1.54) is 0 Å². The van der Waals surface area contributed by atoms with Crippen molar-refractivity contribution in [1.29, 1.82) is 0 Å². The number of halogens is 3. The van der Waals surface area contributed by atoms with E-state index in [9.17, 15) is 0 Å². The molecule has 0 spiro atoms. The number of anilines is 1. The standard InChI is InChI=1S/C16H14Br3NO/c1-2-7-21-15-6-4-3-5-11(15)10-20-16-13(18)8-12(17)9-14(16)19/h2-6,8-9,20H,1,7,10H2. The fourth-order valence-electron chi connectivity index (χ4n) is 1.83. The van der Waals surface area contributed by atoms with E-state index >= 15 is 0 Å². The summed E-state index contributed by atoms with van der Waals surface area (Å²) >= 11 is 10.6. The summed E-state index contributed by atoms with van der Waals surface area (Å²) in [5.74, 6) is 0.870. The SMILES string of the molecule is C=CCOc1ccccc1CNc1c(Br)cc(Br)cc1Br. The zero-order chi connectivity index (χ0) is 15.2. The molecule has 2 rings (SSSR count). The van der Waals surface area contributed by atoms with E-state index in [1.807, 2.05) is 36.4 Å². The van der Waals surface area contributed by atoms with Crippen molar-refractivity contribution in [3.63, 3.8) is 0 Å². The average molecular weight is 476 g/mol. The molecule has 0 fully saturated rings. The maximum Gasteiger partial charge on any atom is 0.124 e. The van der Waals surface area contributed by atoms with Gasteiger partial charge < -0.3 is 10.1 Å². The molecule has 0 atom stereocenters. The van der Waals surface area contributed by atoms with Crippen molar-refractivity contribution in [2.24, 2.45) is 0 Å². The second-order valence-electron chi connectivity index (χ2n) is 4.31. The van der Waals surface area contributed by atoms with Crippen LogP contribution < -0.4 is 10.1 Å². The number of hydrogen-bond acceptors (Lipinski definition) is 2. The van der Waals surface area contributed by atoms with Crippen LogP contribution in [0.15, 0.2) is 62.5 Å². The third-order valence-corrected chi connectivity index (χ3v) is 4.50. The van der Waals surface area contributed by atoms with Crippen molar-refractivity contribution < 1.29 is 4.74 Å². The van der Waals surface area contributed by atoms with Gasteiger partial charge in [-0.1, -0.05) is 46.8 Å². The van der Waals surface area contributed by atoms with Crippen LogP contribution in [0.5, 0.6) is 5.75 Å². The van der Waals surface area contributed by atoms with Gasteiger partial charge in [-0.15, -0.1) is 0 Å². The van der Waals surface area contributed by atoms with Gasteiger partial charge in [0.1, 0.15) is 12.4 Å². The topological polar surface area (TPSA) is 21.3 Å². The van der Waals surface area contributed by atoms with Crippen LogP contribution in [0, 0.1) is 0 Å². The van der Waals surface area contributed by atoms with Crippen molar-refractivity contribution in [1.82, 2.24) is 0 Å². The van der Waals surface area contributed by atoms with Gasteiger partial charge in [-0.3, -0.25) is 0 Å². The number of rotatable bonds is 6. The highest BCUT2D eigenvalue weighted by molar-refractivity contribution is 9.11. The molecule has 0 bridgehead atoms. The minimum atomic E-state index is 0.503. The molecular formula is C16H14Br3NO. The van der Waals surface area contributed by atoms with Crippen LogP contribution >= 0.6 is 47.8 Å². The summed E-state index contributed by atoms with van der Waals surface area (Å²) in [6.07, 6.45) is 1.74. The molecule has 1 N–H and O–H groups in total. The van der Waals surface area contributed by atoms with Gasteiger partial charge in [0.05, 0.1) is 5.69 Å². The number of benzene rings is 2. The first-order chi connectivity index (χ1) is 10.1. The summed E-state index contributed by atoms with van der Waals surface area (Å²) in [6, 6.07) is 12.0. The van der Waals surface area contributed by atoms with Gasteiger partial charge in [0, 0.05) is 25.5 Å². The summed E-state index contributed by atoms with van der Waals surface area (Å²) in [5.41, 5.74) is 2.11. The molecule has 0 heterocycles. The Balaban J connectivity index is 2.15. The molecule has 5 heteroatoms. The Labute approximate surface area is 150 Å². The van der Waals surface area contributed by atoms with Crippen LogP contribution in [0.1, 0.15) is 5.56 Å². The van der Waals surface area contributed by atoms with E-state index in [-0.39, 0.29) is 0 Å². The Bertz CT molecular complexity index is 620. The van der Waals surface area contributed by atoms with Crippen LogP contribution in [0.3, 0.4) is 0 Å². The van der Waals surface area contributed by atoms with Gasteiger partial charge in [-0.25, -0.2) is 0 Å². The van der Waals surface area contributed by atoms with E-state index in [4.69, 9.17) is 4.74 Å². The van der Waals surface area contributed by atoms with E-state index in [0.29, 0.717) is 13.2 Å². The number of hydrogen-bond donors (Lipinski definition) is 1. The normalized spacial score (nSPS) is 10.2. The molecule has 2 nitrogen and oxygen atoms in total. The van der Waals surface area contributed by atoms with Crippen molar-refractivity contribution in [2.75, 3.05) is 11.9 Å². The Morgan fingerprint density at radius 2 is 1.76 bits per heavy atom. The summed E-state index contributed by atoms with van der Waals surface area (Å²) in [4.78, 5) is 0. The third kappa shape index (κ3) is 4.59. The molecule has 0 saturated carbocycles. The smallest absolute Gasteiger partial charge is 0.124 e. The summed E-state index contributed by atoms with van der Waals surface area (Å²) in [6.45, 7) is 4.85. The van der Waals surface area contributed by atoms with Crippen molar-refractivity contribution in [3.05, 3.63) is 68.0 Å². The fourth-order valence-corrected chi connectivity index (χ4v) is 4.37. The minimum absolute atomic E-state index is 0.503. The largest absolute Gasteiger partial charge is 0.489 e. The van der Waals surface area contributed by atoms with Crippen LogP contribution in [-0.2, 0) is 6.54 Å². The molecule has 0 amide bonds. The molecule has 21 heavy (non-hydrogen) atoms. The molecule has 0 aromatic heterocycles. The van der Waals surface area contributed by atoms with Crippen molar-refractivity contribution in [2.45, 2.75) is 6.54 Å². The number of ether oxygens (including phenoxy) is 1. The van der Waals surface area contributed by atoms with Crippen LogP contribution in [0.25, 0.3) is 0 Å². The predicted octanol–water partition coefficient (Wildman–Crippen LogP) is 6.15. The molecule has 0 saturated heterocycles. The van der Waals surface area contributed by atoms with E-state index in [2.05, 4.69) is 59.7 Å². The van der Waals surface area contributed by atoms with E-state index in [0.717, 1.165) is 30.4 Å². The van der Waals surface area contributed by atoms with Gasteiger partial charge in [0.15, 0.2) is 0 Å². The monoisotopic (exact) mass is 473 g/mol. The van der Waals surface area contributed by atoms with Gasteiger partial charge in [0.2, 0.25) is 0 Å². The van der Waals surface area contributed by atoms with Crippen LogP contribution in [-0.4, -0.2) is 6.61 Å². The first-order valence-corrected chi connectivity index (χ1v) is 8.69. The maximum atomic E-state index is 5.67. The molecule has 0 aliphatic carbocycles. The molecule has 0 aliphatic heterocycles. The highest BCUT2D eigenvalue weighted by Crippen LogP contribution is 2.35. The third-order valence-electron chi connectivity index (χ3n) is 2.79. The quantitative estimate of drug-likeness (QED) is 0.506. The molecule has 0 aliphatic rings. The lowest BCUT2D eigenvalue weighted by Crippen LogP contribution is -2.04. The predicted molar refractivity (Wildman–Crippen MR) is 99.0 cm³/mol. The molecule has 2 aromatic carbocycles. The molecule has 0 unspecified atom stereocenters. The average Bonchev–Trinajstić information content (AvgIpc) is 2.45. The number of nitrogens with one attached hydrogen (secondary N) is 1. The van der Waals surface area contributed by atoms with Gasteiger partial charge in [-0.05, 0) is 50.1 Å². The Kier molecular flexibility index (Phi) is 6.33. The Hall–Kier alpha value is -0.780. The van der Waals surface area contributed by atoms with E-state index < -0.39 is 0 Å². The highest BCUT2D eigenvalue weighted by Gasteiger charge is 2.08. The lowest BCUT2D eigenvalue weighted by atomic mass is 10.2. The highest BCUT2D eigenvalue weighted by atomic mass is 79.9. The summed E-state index contributed by atoms with van der Waals surface area (Å²) in [5, 5.41) is 3.42. The van der Waals surface area contributed by atoms with E-state index in [1.54, 1.807) is 6.08 Å². The van der Waals surface area contributed by atoms with Gasteiger partial charge in [0.25, 0.3) is 0 Å². The van der Waals surface area contributed by atoms with Crippen molar-refractivity contribution in [3.8, 4) is 5.75 Å². The van der Waals surface area contributed by atoms with Crippen LogP contribution in [0.2, 0.25) is 0 Å². The van der Waals surface area contributed by atoms with Crippen LogP contribution in [0.4, 0.5) is 5.69 Å². The molecular weight excluding hydrogens is 462 g/mol. The Morgan fingerprint density at radius 3 is 2.43 bits per heavy atom. The lowest BCUT2D eigenvalue weighted by Gasteiger charge is -2.14. The van der Waals surface area contributed by atoms with Crippen molar-refractivity contribution >= 4 is 53.5 Å². The summed E-state index contributed by atoms with van der Waals surface area (Å²) in [7, 11) is 0. The second-order valence-corrected chi connectivity index (χ2v) is 6.93. The zero-order valence-corrected chi connectivity index (χ0v) is 16.0. The number of para-hydroxylation sites is 1. The second kappa shape index (κ2) is 8.01. The maximum absolute atomic E-state index is 5.67. The molecule has 0 radical (unpaired) electrons.